The van der Waals surface area contributed by atoms with Gasteiger partial charge in [-0.3, -0.25) is 0 Å². The van der Waals surface area contributed by atoms with E-state index in [2.05, 4.69) is 15.1 Å². The Labute approximate surface area is 116 Å². The molecule has 1 aromatic carbocycles. The maximum absolute atomic E-state index is 5.88. The molecule has 1 aliphatic rings. The van der Waals surface area contributed by atoms with Crippen molar-refractivity contribution in [1.82, 2.24) is 10.2 Å². The lowest BCUT2D eigenvalue weighted by atomic mass is 10.1. The van der Waals surface area contributed by atoms with Crippen molar-refractivity contribution in [2.45, 2.75) is 18.9 Å². The normalized spacial score (nSPS) is 16.8. The second kappa shape index (κ2) is 5.19. The van der Waals surface area contributed by atoms with Crippen molar-refractivity contribution in [2.75, 3.05) is 18.0 Å². The third kappa shape index (κ3) is 2.72. The van der Waals surface area contributed by atoms with Gasteiger partial charge >= 0.3 is 6.01 Å². The van der Waals surface area contributed by atoms with E-state index in [9.17, 15) is 0 Å². The van der Waals surface area contributed by atoms with Crippen LogP contribution in [0.15, 0.2) is 28.7 Å². The molecule has 2 aromatic rings. The molecule has 3 rings (SSSR count). The maximum Gasteiger partial charge on any atom is 0.318 e. The van der Waals surface area contributed by atoms with Gasteiger partial charge in [-0.05, 0) is 37.1 Å². The summed E-state index contributed by atoms with van der Waals surface area (Å²) in [6.45, 7) is 1.73. The zero-order valence-corrected chi connectivity index (χ0v) is 11.2. The largest absolute Gasteiger partial charge is 0.403 e. The van der Waals surface area contributed by atoms with E-state index in [1.807, 2.05) is 12.1 Å². The topological polar surface area (TPSA) is 68.2 Å². The zero-order valence-electron chi connectivity index (χ0n) is 10.4. The van der Waals surface area contributed by atoms with E-state index in [0.717, 1.165) is 31.5 Å². The van der Waals surface area contributed by atoms with Crippen LogP contribution in [-0.2, 0) is 0 Å². The molecule has 0 radical (unpaired) electrons. The van der Waals surface area contributed by atoms with Gasteiger partial charge in [-0.15, -0.1) is 5.10 Å². The zero-order chi connectivity index (χ0) is 13.2. The Kier molecular flexibility index (Phi) is 3.40. The molecule has 0 amide bonds. The number of hydrogen-bond donors (Lipinski definition) is 1. The minimum Gasteiger partial charge on any atom is -0.403 e. The van der Waals surface area contributed by atoms with Gasteiger partial charge in [0.05, 0.1) is 0 Å². The summed E-state index contributed by atoms with van der Waals surface area (Å²) >= 11 is 5.85. The summed E-state index contributed by atoms with van der Waals surface area (Å²) in [4.78, 5) is 2.08. The first kappa shape index (κ1) is 12.4. The molecule has 6 heteroatoms. The smallest absolute Gasteiger partial charge is 0.318 e. The van der Waals surface area contributed by atoms with Crippen molar-refractivity contribution in [3.8, 4) is 11.5 Å². The molecule has 0 spiro atoms. The van der Waals surface area contributed by atoms with Gasteiger partial charge in [-0.1, -0.05) is 16.7 Å². The van der Waals surface area contributed by atoms with Gasteiger partial charge in [0, 0.05) is 29.7 Å². The quantitative estimate of drug-likeness (QED) is 0.913. The van der Waals surface area contributed by atoms with E-state index in [0.29, 0.717) is 16.9 Å². The summed E-state index contributed by atoms with van der Waals surface area (Å²) < 4.78 is 5.70. The number of hydrogen-bond acceptors (Lipinski definition) is 5. The van der Waals surface area contributed by atoms with Crippen LogP contribution in [0.1, 0.15) is 12.8 Å². The molecular weight excluding hydrogens is 264 g/mol. The lowest BCUT2D eigenvalue weighted by Crippen LogP contribution is -2.39. The first-order valence-electron chi connectivity index (χ1n) is 6.32. The fourth-order valence-electron chi connectivity index (χ4n) is 2.14. The third-order valence-corrected chi connectivity index (χ3v) is 3.57. The molecule has 0 saturated carbocycles. The van der Waals surface area contributed by atoms with Gasteiger partial charge in [0.15, 0.2) is 0 Å². The number of halogens is 1. The second-order valence-corrected chi connectivity index (χ2v) is 5.16. The van der Waals surface area contributed by atoms with Crippen molar-refractivity contribution in [3.05, 3.63) is 29.3 Å². The van der Waals surface area contributed by atoms with Crippen molar-refractivity contribution < 1.29 is 4.42 Å². The number of nitrogens with two attached hydrogens (primary N) is 1. The molecule has 2 N–H and O–H groups in total. The van der Waals surface area contributed by atoms with E-state index >= 15 is 0 Å². The van der Waals surface area contributed by atoms with Gasteiger partial charge in [-0.2, -0.15) is 0 Å². The summed E-state index contributed by atoms with van der Waals surface area (Å²) in [7, 11) is 0. The summed E-state index contributed by atoms with van der Waals surface area (Å²) in [6, 6.07) is 8.20. The highest BCUT2D eigenvalue weighted by molar-refractivity contribution is 6.30. The standard InChI is InChI=1S/C13H15ClN4O/c14-10-3-1-9(2-4-10)12-16-17-13(19-12)18-7-5-11(15)6-8-18/h1-4,11H,5-8,15H2. The van der Waals surface area contributed by atoms with Crippen molar-refractivity contribution >= 4 is 17.6 Å². The fraction of sp³-hybridized carbons (Fsp3) is 0.385. The van der Waals surface area contributed by atoms with Gasteiger partial charge in [0.25, 0.3) is 0 Å². The van der Waals surface area contributed by atoms with Crippen LogP contribution in [0.2, 0.25) is 5.02 Å². The van der Waals surface area contributed by atoms with E-state index in [1.165, 1.54) is 0 Å². The average Bonchev–Trinajstić information content (AvgIpc) is 2.90. The predicted octanol–water partition coefficient (Wildman–Crippen LogP) is 2.32. The van der Waals surface area contributed by atoms with Gasteiger partial charge in [0.1, 0.15) is 0 Å². The van der Waals surface area contributed by atoms with Gasteiger partial charge in [0.2, 0.25) is 5.89 Å². The van der Waals surface area contributed by atoms with Crippen LogP contribution in [0.5, 0.6) is 0 Å². The molecule has 1 aliphatic heterocycles. The molecule has 1 aromatic heterocycles. The average molecular weight is 279 g/mol. The first-order valence-corrected chi connectivity index (χ1v) is 6.70. The number of aromatic nitrogens is 2. The second-order valence-electron chi connectivity index (χ2n) is 4.72. The molecule has 100 valence electrons. The number of rotatable bonds is 2. The first-order chi connectivity index (χ1) is 9.22. The summed E-state index contributed by atoms with van der Waals surface area (Å²) in [5.41, 5.74) is 6.75. The monoisotopic (exact) mass is 278 g/mol. The summed E-state index contributed by atoms with van der Waals surface area (Å²) in [5.74, 6) is 0.515. The molecule has 0 aliphatic carbocycles. The van der Waals surface area contributed by atoms with Gasteiger partial charge < -0.3 is 15.1 Å². The predicted molar refractivity (Wildman–Crippen MR) is 74.2 cm³/mol. The van der Waals surface area contributed by atoms with Crippen LogP contribution in [0.3, 0.4) is 0 Å². The molecule has 19 heavy (non-hydrogen) atoms. The number of nitrogens with zero attached hydrogens (tertiary/aromatic N) is 3. The highest BCUT2D eigenvalue weighted by atomic mass is 35.5. The Morgan fingerprint density at radius 2 is 1.84 bits per heavy atom. The van der Waals surface area contributed by atoms with E-state index in [-0.39, 0.29) is 6.04 Å². The van der Waals surface area contributed by atoms with Crippen LogP contribution >= 0.6 is 11.6 Å². The Morgan fingerprint density at radius 1 is 1.16 bits per heavy atom. The highest BCUT2D eigenvalue weighted by Crippen LogP contribution is 2.24. The fourth-order valence-corrected chi connectivity index (χ4v) is 2.27. The van der Waals surface area contributed by atoms with Crippen molar-refractivity contribution in [2.24, 2.45) is 5.73 Å². The molecule has 5 nitrogen and oxygen atoms in total. The summed E-state index contributed by atoms with van der Waals surface area (Å²) in [6.07, 6.45) is 1.91. The maximum atomic E-state index is 5.88. The Morgan fingerprint density at radius 3 is 2.53 bits per heavy atom. The number of piperidine rings is 1. The number of anilines is 1. The third-order valence-electron chi connectivity index (χ3n) is 3.32. The van der Waals surface area contributed by atoms with Crippen LogP contribution in [0.25, 0.3) is 11.5 Å². The highest BCUT2D eigenvalue weighted by Gasteiger charge is 2.21. The van der Waals surface area contributed by atoms with E-state index < -0.39 is 0 Å². The molecule has 0 bridgehead atoms. The van der Waals surface area contributed by atoms with Crippen LogP contribution < -0.4 is 10.6 Å². The van der Waals surface area contributed by atoms with Gasteiger partial charge in [-0.25, -0.2) is 0 Å². The Balaban J connectivity index is 1.77. The van der Waals surface area contributed by atoms with Crippen LogP contribution in [0.4, 0.5) is 6.01 Å². The van der Waals surface area contributed by atoms with Crippen molar-refractivity contribution in [3.63, 3.8) is 0 Å². The minimum atomic E-state index is 0.287. The molecule has 1 fully saturated rings. The molecule has 0 atom stereocenters. The number of benzene rings is 1. The lowest BCUT2D eigenvalue weighted by Gasteiger charge is -2.28. The molecular formula is C13H15ClN4O. The Hall–Kier alpha value is -1.59. The van der Waals surface area contributed by atoms with Crippen LogP contribution in [-0.4, -0.2) is 29.3 Å². The Bertz CT molecular complexity index is 546. The molecule has 2 heterocycles. The lowest BCUT2D eigenvalue weighted by molar-refractivity contribution is 0.460. The van der Waals surface area contributed by atoms with E-state index in [1.54, 1.807) is 12.1 Å². The molecule has 1 saturated heterocycles. The van der Waals surface area contributed by atoms with E-state index in [4.69, 9.17) is 21.8 Å². The van der Waals surface area contributed by atoms with Crippen molar-refractivity contribution in [1.29, 1.82) is 0 Å². The summed E-state index contributed by atoms with van der Waals surface area (Å²) in [5, 5.41) is 8.87. The minimum absolute atomic E-state index is 0.287. The van der Waals surface area contributed by atoms with Crippen LogP contribution in [0, 0.1) is 0 Å². The molecule has 0 unspecified atom stereocenters. The SMILES string of the molecule is NC1CCN(c2nnc(-c3ccc(Cl)cc3)o2)CC1.